The third-order valence-electron chi connectivity index (χ3n) is 6.90. The van der Waals surface area contributed by atoms with Gasteiger partial charge in [0.05, 0.1) is 30.3 Å². The van der Waals surface area contributed by atoms with Crippen molar-refractivity contribution in [3.63, 3.8) is 0 Å². The SMILES string of the molecule is CC(=O)NC[C@H]1CN(c2ccc(-c3ccc([C@@]4(C#N)[C@@H]5CNC[C@@H]54)c(F)c3)c(F)c2)C(=O)O1. The molecular weight excluding hydrogens is 430 g/mol. The summed E-state index contributed by atoms with van der Waals surface area (Å²) in [5.74, 6) is -1.15. The Kier molecular flexibility index (Phi) is 5.05. The molecule has 2 aliphatic heterocycles. The van der Waals surface area contributed by atoms with E-state index in [1.54, 1.807) is 18.2 Å². The third-order valence-corrected chi connectivity index (χ3v) is 6.90. The highest BCUT2D eigenvalue weighted by Crippen LogP contribution is 2.61. The largest absolute Gasteiger partial charge is 0.442 e. The molecule has 1 saturated carbocycles. The molecule has 2 saturated heterocycles. The summed E-state index contributed by atoms with van der Waals surface area (Å²) < 4.78 is 35.2. The molecule has 3 aliphatic rings. The molecule has 2 aromatic carbocycles. The van der Waals surface area contributed by atoms with Crippen LogP contribution in [-0.2, 0) is 14.9 Å². The van der Waals surface area contributed by atoms with Crippen molar-refractivity contribution in [2.45, 2.75) is 18.4 Å². The van der Waals surface area contributed by atoms with Crippen molar-refractivity contribution in [3.8, 4) is 17.2 Å². The Labute approximate surface area is 189 Å². The number of halogens is 2. The average Bonchev–Trinajstić information content (AvgIpc) is 3.11. The molecule has 0 bridgehead atoms. The molecule has 0 radical (unpaired) electrons. The van der Waals surface area contributed by atoms with E-state index in [9.17, 15) is 19.2 Å². The molecule has 2 N–H and O–H groups in total. The van der Waals surface area contributed by atoms with Crippen LogP contribution >= 0.6 is 0 Å². The second-order valence-electron chi connectivity index (χ2n) is 8.76. The number of rotatable bonds is 5. The first-order chi connectivity index (χ1) is 15.8. The average molecular weight is 452 g/mol. The Hall–Kier alpha value is -3.51. The summed E-state index contributed by atoms with van der Waals surface area (Å²) in [5.41, 5.74) is 0.415. The van der Waals surface area contributed by atoms with Gasteiger partial charge in [-0.25, -0.2) is 13.6 Å². The van der Waals surface area contributed by atoms with Crippen molar-refractivity contribution in [3.05, 3.63) is 53.6 Å². The lowest BCUT2D eigenvalue weighted by molar-refractivity contribution is -0.119. The molecule has 9 heteroatoms. The number of hydrogen-bond acceptors (Lipinski definition) is 5. The summed E-state index contributed by atoms with van der Waals surface area (Å²) in [6, 6.07) is 11.1. The van der Waals surface area contributed by atoms with Crippen molar-refractivity contribution in [1.29, 1.82) is 5.26 Å². The standard InChI is InChI=1S/C24H22F2N4O3/c1-13(31)29-8-16-11-30(23(32)33-16)15-3-4-17(21(25)7-15)14-2-5-18(22(26)6-14)24(12-27)19-9-28-10-20(19)24/h2-7,16,19-20,28H,8-11H2,1H3,(H,29,31)/t16-,19-,20+,24+/m0/s1. The monoisotopic (exact) mass is 452 g/mol. The molecule has 0 unspecified atom stereocenters. The van der Waals surface area contributed by atoms with Gasteiger partial charge >= 0.3 is 6.09 Å². The van der Waals surface area contributed by atoms with Gasteiger partial charge in [0.25, 0.3) is 0 Å². The van der Waals surface area contributed by atoms with E-state index >= 15 is 4.39 Å². The van der Waals surface area contributed by atoms with E-state index < -0.39 is 29.2 Å². The highest BCUT2D eigenvalue weighted by Gasteiger charge is 2.68. The van der Waals surface area contributed by atoms with E-state index in [1.807, 2.05) is 0 Å². The molecule has 5 rings (SSSR count). The van der Waals surface area contributed by atoms with Crippen LogP contribution in [0.3, 0.4) is 0 Å². The maximum absolute atomic E-state index is 15.1. The molecule has 3 fully saturated rings. The Morgan fingerprint density at radius 1 is 1.24 bits per heavy atom. The van der Waals surface area contributed by atoms with Crippen LogP contribution in [0.4, 0.5) is 19.3 Å². The molecule has 33 heavy (non-hydrogen) atoms. The number of nitrogens with one attached hydrogen (secondary N) is 2. The number of benzene rings is 2. The maximum Gasteiger partial charge on any atom is 0.414 e. The van der Waals surface area contributed by atoms with Gasteiger partial charge in [-0.05, 0) is 29.8 Å². The summed E-state index contributed by atoms with van der Waals surface area (Å²) in [7, 11) is 0. The molecular formula is C24H22F2N4O3. The number of nitrogens with zero attached hydrogens (tertiary/aromatic N) is 2. The number of piperidine rings is 1. The Morgan fingerprint density at radius 3 is 2.64 bits per heavy atom. The van der Waals surface area contributed by atoms with Gasteiger partial charge in [0.2, 0.25) is 5.91 Å². The number of nitriles is 1. The van der Waals surface area contributed by atoms with Crippen LogP contribution < -0.4 is 15.5 Å². The van der Waals surface area contributed by atoms with Gasteiger partial charge in [-0.3, -0.25) is 9.69 Å². The zero-order valence-corrected chi connectivity index (χ0v) is 17.9. The number of cyclic esters (lactones) is 1. The van der Waals surface area contributed by atoms with E-state index in [2.05, 4.69) is 16.7 Å². The first-order valence-electron chi connectivity index (χ1n) is 10.8. The molecule has 0 spiro atoms. The summed E-state index contributed by atoms with van der Waals surface area (Å²) in [5, 5.41) is 15.5. The molecule has 2 heterocycles. The van der Waals surface area contributed by atoms with Crippen LogP contribution in [-0.4, -0.2) is 44.3 Å². The highest BCUT2D eigenvalue weighted by molar-refractivity contribution is 5.90. The van der Waals surface area contributed by atoms with E-state index in [0.29, 0.717) is 29.9 Å². The second kappa shape index (κ2) is 7.81. The van der Waals surface area contributed by atoms with Crippen molar-refractivity contribution in [2.24, 2.45) is 11.8 Å². The third kappa shape index (κ3) is 3.42. The van der Waals surface area contributed by atoms with Crippen LogP contribution in [0.5, 0.6) is 0 Å². The van der Waals surface area contributed by atoms with Crippen LogP contribution in [0.1, 0.15) is 12.5 Å². The van der Waals surface area contributed by atoms with Gasteiger partial charge in [-0.2, -0.15) is 5.26 Å². The Morgan fingerprint density at radius 2 is 2.00 bits per heavy atom. The van der Waals surface area contributed by atoms with Gasteiger partial charge in [0, 0.05) is 43.0 Å². The predicted molar refractivity (Wildman–Crippen MR) is 115 cm³/mol. The zero-order chi connectivity index (χ0) is 23.3. The molecule has 2 amide bonds. The summed E-state index contributed by atoms with van der Waals surface area (Å²) >= 11 is 0. The summed E-state index contributed by atoms with van der Waals surface area (Å²) in [6.07, 6.45) is -1.16. The van der Waals surface area contributed by atoms with Gasteiger partial charge < -0.3 is 15.4 Å². The lowest BCUT2D eigenvalue weighted by atomic mass is 9.89. The lowest BCUT2D eigenvalue weighted by Gasteiger charge is -2.17. The van der Waals surface area contributed by atoms with Crippen molar-refractivity contribution < 1.29 is 23.1 Å². The predicted octanol–water partition coefficient (Wildman–Crippen LogP) is 2.70. The van der Waals surface area contributed by atoms with Crippen molar-refractivity contribution in [1.82, 2.24) is 10.6 Å². The topological polar surface area (TPSA) is 94.5 Å². The zero-order valence-electron chi connectivity index (χ0n) is 17.9. The summed E-state index contributed by atoms with van der Waals surface area (Å²) in [6.45, 7) is 3.10. The number of carbonyl (C=O) groups is 2. The fraction of sp³-hybridized carbons (Fsp3) is 0.375. The quantitative estimate of drug-likeness (QED) is 0.728. The van der Waals surface area contributed by atoms with Crippen LogP contribution in [0, 0.1) is 34.8 Å². The highest BCUT2D eigenvalue weighted by atomic mass is 19.1. The van der Waals surface area contributed by atoms with E-state index in [0.717, 1.165) is 0 Å². The first-order valence-corrected chi connectivity index (χ1v) is 10.8. The molecule has 2 aromatic rings. The van der Waals surface area contributed by atoms with E-state index in [4.69, 9.17) is 4.74 Å². The van der Waals surface area contributed by atoms with Crippen LogP contribution in [0.2, 0.25) is 0 Å². The minimum atomic E-state index is -0.805. The molecule has 7 nitrogen and oxygen atoms in total. The minimum Gasteiger partial charge on any atom is -0.442 e. The van der Waals surface area contributed by atoms with Crippen molar-refractivity contribution in [2.75, 3.05) is 31.1 Å². The Balaban J connectivity index is 1.36. The number of fused-ring (bicyclic) bond motifs is 1. The number of ether oxygens (including phenoxy) is 1. The molecule has 4 atom stereocenters. The number of anilines is 1. The van der Waals surface area contributed by atoms with E-state index in [1.165, 1.54) is 30.0 Å². The second-order valence-corrected chi connectivity index (χ2v) is 8.76. The molecule has 1 aliphatic carbocycles. The fourth-order valence-electron chi connectivity index (χ4n) is 5.19. The number of hydrogen-bond donors (Lipinski definition) is 2. The smallest absolute Gasteiger partial charge is 0.414 e. The number of amides is 2. The molecule has 170 valence electrons. The Bertz CT molecular complexity index is 1180. The first kappa shape index (κ1) is 21.3. The lowest BCUT2D eigenvalue weighted by Crippen LogP contribution is -2.33. The number of carbonyl (C=O) groups excluding carboxylic acids is 2. The fourth-order valence-corrected chi connectivity index (χ4v) is 5.19. The molecule has 0 aromatic heterocycles. The van der Waals surface area contributed by atoms with Gasteiger partial charge in [-0.15, -0.1) is 0 Å². The van der Waals surface area contributed by atoms with Gasteiger partial charge in [0.15, 0.2) is 0 Å². The van der Waals surface area contributed by atoms with Crippen LogP contribution in [0.15, 0.2) is 36.4 Å². The van der Waals surface area contributed by atoms with E-state index in [-0.39, 0.29) is 36.4 Å². The minimum absolute atomic E-state index is 0.105. The van der Waals surface area contributed by atoms with Gasteiger partial charge in [-0.1, -0.05) is 12.1 Å². The van der Waals surface area contributed by atoms with Crippen molar-refractivity contribution >= 4 is 17.7 Å². The van der Waals surface area contributed by atoms with Crippen LogP contribution in [0.25, 0.3) is 11.1 Å². The van der Waals surface area contributed by atoms with Gasteiger partial charge in [0.1, 0.15) is 17.7 Å². The normalized spacial score (nSPS) is 27.6. The maximum atomic E-state index is 15.1. The summed E-state index contributed by atoms with van der Waals surface area (Å²) in [4.78, 5) is 24.5.